The first kappa shape index (κ1) is 25.9. The van der Waals surface area contributed by atoms with Crippen LogP contribution in [0.3, 0.4) is 0 Å². The molecule has 7 nitrogen and oxygen atoms in total. The van der Waals surface area contributed by atoms with Gasteiger partial charge in [0.2, 0.25) is 4.75 Å². The number of carbonyl (C=O) groups is 2. The van der Waals surface area contributed by atoms with Crippen molar-refractivity contribution in [3.05, 3.63) is 0 Å². The molecule has 8 heteroatoms. The van der Waals surface area contributed by atoms with E-state index in [1.165, 1.54) is 6.42 Å². The van der Waals surface area contributed by atoms with Crippen LogP contribution in [0.15, 0.2) is 0 Å². The van der Waals surface area contributed by atoms with Gasteiger partial charge in [-0.3, -0.25) is 14.1 Å². The second-order valence-electron chi connectivity index (χ2n) is 7.82. The molecule has 0 saturated heterocycles. The summed E-state index contributed by atoms with van der Waals surface area (Å²) in [6, 6.07) is 0. The van der Waals surface area contributed by atoms with Crippen LogP contribution in [0.5, 0.6) is 0 Å². The first-order valence-corrected chi connectivity index (χ1v) is 11.3. The van der Waals surface area contributed by atoms with E-state index in [2.05, 4.69) is 6.92 Å². The first-order valence-electron chi connectivity index (χ1n) is 9.91. The van der Waals surface area contributed by atoms with Crippen molar-refractivity contribution in [3.63, 3.8) is 0 Å². The lowest BCUT2D eigenvalue weighted by molar-refractivity contribution is -0.148. The summed E-state index contributed by atoms with van der Waals surface area (Å²) in [6.45, 7) is 5.98. The fraction of sp³-hybridized carbons (Fsp3) is 0.895. The van der Waals surface area contributed by atoms with E-state index in [1.807, 2.05) is 13.8 Å². The zero-order valence-corrected chi connectivity index (χ0v) is 17.6. The Labute approximate surface area is 163 Å². The highest BCUT2D eigenvalue weighted by Crippen LogP contribution is 2.38. The fourth-order valence-corrected chi connectivity index (χ4v) is 4.71. The lowest BCUT2D eigenvalue weighted by Crippen LogP contribution is -2.54. The number of rotatable bonds is 16. The second-order valence-corrected chi connectivity index (χ2v) is 9.50. The standard InChI is InChI=1S/C19H36O7S/c1-4-5-6-7-8-9-10-11-16(13-12-15(2)3)19(18(22)23,14-17(20)21)27(24,25)26/h15-16H,4-14H2,1-3H3,(H,20,21)(H,22,23)(H,24,25,26). The van der Waals surface area contributed by atoms with Gasteiger partial charge in [0.15, 0.2) is 0 Å². The van der Waals surface area contributed by atoms with Gasteiger partial charge < -0.3 is 10.2 Å². The summed E-state index contributed by atoms with van der Waals surface area (Å²) in [4.78, 5) is 23.1. The van der Waals surface area contributed by atoms with Gasteiger partial charge in [-0.15, -0.1) is 0 Å². The fourth-order valence-electron chi connectivity index (χ4n) is 3.52. The van der Waals surface area contributed by atoms with Crippen molar-refractivity contribution in [2.24, 2.45) is 11.8 Å². The van der Waals surface area contributed by atoms with Gasteiger partial charge >= 0.3 is 11.9 Å². The summed E-state index contributed by atoms with van der Waals surface area (Å²) in [7, 11) is -5.10. The van der Waals surface area contributed by atoms with Crippen LogP contribution in [-0.2, 0) is 19.7 Å². The Balaban J connectivity index is 5.37. The Morgan fingerprint density at radius 2 is 1.41 bits per heavy atom. The van der Waals surface area contributed by atoms with Gasteiger partial charge in [-0.05, 0) is 24.7 Å². The molecule has 0 amide bonds. The SMILES string of the molecule is CCCCCCCCCC(CCC(C)C)C(CC(=O)O)(C(=O)O)S(=O)(=O)O. The molecular weight excluding hydrogens is 372 g/mol. The van der Waals surface area contributed by atoms with E-state index >= 15 is 0 Å². The van der Waals surface area contributed by atoms with E-state index in [-0.39, 0.29) is 18.8 Å². The maximum atomic E-state index is 12.0. The smallest absolute Gasteiger partial charge is 0.328 e. The molecule has 0 radical (unpaired) electrons. The molecular formula is C19H36O7S. The van der Waals surface area contributed by atoms with E-state index in [4.69, 9.17) is 5.11 Å². The van der Waals surface area contributed by atoms with Gasteiger partial charge in [-0.2, -0.15) is 8.42 Å². The van der Waals surface area contributed by atoms with Gasteiger partial charge in [0, 0.05) is 0 Å². The van der Waals surface area contributed by atoms with Crippen LogP contribution in [-0.4, -0.2) is 39.9 Å². The van der Waals surface area contributed by atoms with Gasteiger partial charge in [-0.25, -0.2) is 0 Å². The Kier molecular flexibility index (Phi) is 11.8. The summed E-state index contributed by atoms with van der Waals surface area (Å²) in [5.41, 5.74) is 0. The number of carboxylic acid groups (broad SMARTS) is 2. The average Bonchev–Trinajstić information content (AvgIpc) is 2.53. The van der Waals surface area contributed by atoms with Gasteiger partial charge in [0.1, 0.15) is 0 Å². The van der Waals surface area contributed by atoms with E-state index < -0.39 is 39.1 Å². The quantitative estimate of drug-likeness (QED) is 0.255. The molecule has 160 valence electrons. The predicted octanol–water partition coefficient (Wildman–Crippen LogP) is 4.37. The van der Waals surface area contributed by atoms with Gasteiger partial charge in [0.25, 0.3) is 10.1 Å². The number of hydrogen-bond donors (Lipinski definition) is 3. The van der Waals surface area contributed by atoms with Crippen LogP contribution in [0.1, 0.15) is 91.4 Å². The molecule has 0 aliphatic heterocycles. The van der Waals surface area contributed by atoms with Crippen LogP contribution >= 0.6 is 0 Å². The van der Waals surface area contributed by atoms with Crippen molar-refractivity contribution in [2.45, 2.75) is 96.1 Å². The van der Waals surface area contributed by atoms with Crippen LogP contribution in [0.4, 0.5) is 0 Å². The minimum absolute atomic E-state index is 0.208. The molecule has 0 fully saturated rings. The third kappa shape index (κ3) is 8.60. The predicted molar refractivity (Wildman–Crippen MR) is 104 cm³/mol. The Morgan fingerprint density at radius 3 is 1.81 bits per heavy atom. The van der Waals surface area contributed by atoms with E-state index in [9.17, 15) is 27.7 Å². The van der Waals surface area contributed by atoms with Gasteiger partial charge in [-0.1, -0.05) is 72.1 Å². The number of carboxylic acids is 2. The summed E-state index contributed by atoms with van der Waals surface area (Å²) in [5.74, 6) is -4.08. The molecule has 3 N–H and O–H groups in total. The molecule has 27 heavy (non-hydrogen) atoms. The molecule has 0 aromatic rings. The molecule has 0 rings (SSSR count). The molecule has 2 atom stereocenters. The minimum Gasteiger partial charge on any atom is -0.481 e. The lowest BCUT2D eigenvalue weighted by atomic mass is 9.80. The number of aliphatic carboxylic acids is 2. The highest BCUT2D eigenvalue weighted by atomic mass is 32.2. The molecule has 0 aromatic heterocycles. The van der Waals surface area contributed by atoms with E-state index in [1.54, 1.807) is 0 Å². The summed E-state index contributed by atoms with van der Waals surface area (Å²) >= 11 is 0. The van der Waals surface area contributed by atoms with Crippen molar-refractivity contribution in [1.82, 2.24) is 0 Å². The average molecular weight is 409 g/mol. The Hall–Kier alpha value is -1.15. The van der Waals surface area contributed by atoms with Gasteiger partial charge in [0.05, 0.1) is 6.42 Å². The molecule has 0 aromatic carbocycles. The van der Waals surface area contributed by atoms with E-state index in [0.29, 0.717) is 12.8 Å². The zero-order valence-electron chi connectivity index (χ0n) is 16.8. The van der Waals surface area contributed by atoms with E-state index in [0.717, 1.165) is 32.1 Å². The van der Waals surface area contributed by atoms with Crippen molar-refractivity contribution in [2.75, 3.05) is 0 Å². The topological polar surface area (TPSA) is 129 Å². The third-order valence-corrected chi connectivity index (χ3v) is 6.72. The number of unbranched alkanes of at least 4 members (excludes halogenated alkanes) is 6. The van der Waals surface area contributed by atoms with Crippen molar-refractivity contribution >= 4 is 22.1 Å². The minimum atomic E-state index is -5.10. The first-order chi connectivity index (χ1) is 12.5. The molecule has 0 aliphatic rings. The van der Waals surface area contributed by atoms with Crippen molar-refractivity contribution < 1.29 is 32.8 Å². The highest BCUT2D eigenvalue weighted by Gasteiger charge is 2.57. The highest BCUT2D eigenvalue weighted by molar-refractivity contribution is 7.88. The summed E-state index contributed by atoms with van der Waals surface area (Å²) in [6.07, 6.45) is 6.86. The summed E-state index contributed by atoms with van der Waals surface area (Å²) < 4.78 is 31.1. The lowest BCUT2D eigenvalue weighted by Gasteiger charge is -2.34. The Bertz CT molecular complexity index is 556. The maximum Gasteiger partial charge on any atom is 0.328 e. The zero-order chi connectivity index (χ0) is 21.1. The van der Waals surface area contributed by atoms with Crippen LogP contribution in [0, 0.1) is 11.8 Å². The molecule has 0 spiro atoms. The maximum absolute atomic E-state index is 12.0. The summed E-state index contributed by atoms with van der Waals surface area (Å²) in [5, 5.41) is 18.8. The Morgan fingerprint density at radius 1 is 0.889 bits per heavy atom. The molecule has 0 bridgehead atoms. The number of hydrogen-bond acceptors (Lipinski definition) is 4. The molecule has 0 aliphatic carbocycles. The van der Waals surface area contributed by atoms with Crippen LogP contribution < -0.4 is 0 Å². The molecule has 2 unspecified atom stereocenters. The third-order valence-electron chi connectivity index (χ3n) is 5.14. The van der Waals surface area contributed by atoms with Crippen LogP contribution in [0.25, 0.3) is 0 Å². The van der Waals surface area contributed by atoms with Crippen molar-refractivity contribution in [3.8, 4) is 0 Å². The molecule has 0 saturated carbocycles. The normalized spacial score (nSPS) is 15.4. The van der Waals surface area contributed by atoms with Crippen molar-refractivity contribution in [1.29, 1.82) is 0 Å². The second kappa shape index (κ2) is 12.3. The molecule has 0 heterocycles. The van der Waals surface area contributed by atoms with Crippen LogP contribution in [0.2, 0.25) is 0 Å². The largest absolute Gasteiger partial charge is 0.481 e. The monoisotopic (exact) mass is 408 g/mol.